The number of fused-ring (bicyclic) bond motifs is 1. The smallest absolute Gasteiger partial charge is 0.252 e. The van der Waals surface area contributed by atoms with Crippen molar-refractivity contribution < 1.29 is 9.18 Å². The number of nitrogens with two attached hydrogens (primary N) is 1. The number of hydrogen-bond acceptors (Lipinski definition) is 2. The van der Waals surface area contributed by atoms with Crippen molar-refractivity contribution in [2.75, 3.05) is 0 Å². The molecule has 4 heteroatoms. The third-order valence-corrected chi connectivity index (χ3v) is 3.23. The summed E-state index contributed by atoms with van der Waals surface area (Å²) < 4.78 is 13.9. The SMILES string of the molecule is NC(=O)c1c(F)cccc1-c1cccc2cnccc12. The van der Waals surface area contributed by atoms with Crippen LogP contribution in [0.4, 0.5) is 4.39 Å². The molecular formula is C16H11FN2O. The van der Waals surface area contributed by atoms with E-state index in [0.29, 0.717) is 5.56 Å². The maximum atomic E-state index is 13.9. The van der Waals surface area contributed by atoms with Gasteiger partial charge in [0.05, 0.1) is 5.56 Å². The van der Waals surface area contributed by atoms with Crippen LogP contribution < -0.4 is 5.73 Å². The lowest BCUT2D eigenvalue weighted by Gasteiger charge is -2.10. The summed E-state index contributed by atoms with van der Waals surface area (Å²) in [7, 11) is 0. The minimum absolute atomic E-state index is 0.0863. The molecule has 0 spiro atoms. The quantitative estimate of drug-likeness (QED) is 0.774. The lowest BCUT2D eigenvalue weighted by atomic mass is 9.95. The molecule has 1 amide bonds. The largest absolute Gasteiger partial charge is 0.365 e. The van der Waals surface area contributed by atoms with E-state index in [1.54, 1.807) is 24.5 Å². The van der Waals surface area contributed by atoms with Crippen LogP contribution in [-0.4, -0.2) is 10.9 Å². The molecule has 0 saturated carbocycles. The fraction of sp³-hybridized carbons (Fsp3) is 0. The highest BCUT2D eigenvalue weighted by Gasteiger charge is 2.16. The number of amides is 1. The molecule has 0 aliphatic heterocycles. The number of carbonyl (C=O) groups is 1. The number of hydrogen-bond donors (Lipinski definition) is 1. The van der Waals surface area contributed by atoms with E-state index < -0.39 is 11.7 Å². The molecule has 0 fully saturated rings. The Bertz CT molecular complexity index is 809. The zero-order chi connectivity index (χ0) is 14.1. The summed E-state index contributed by atoms with van der Waals surface area (Å²) in [4.78, 5) is 15.6. The molecule has 0 aliphatic rings. The van der Waals surface area contributed by atoms with E-state index in [4.69, 9.17) is 5.73 Å². The third kappa shape index (κ3) is 1.91. The maximum absolute atomic E-state index is 13.9. The van der Waals surface area contributed by atoms with Gasteiger partial charge in [-0.2, -0.15) is 0 Å². The van der Waals surface area contributed by atoms with Gasteiger partial charge in [0.2, 0.25) is 0 Å². The second kappa shape index (κ2) is 4.74. The van der Waals surface area contributed by atoms with Gasteiger partial charge in [-0.25, -0.2) is 4.39 Å². The Morgan fingerprint density at radius 2 is 1.80 bits per heavy atom. The fourth-order valence-corrected chi connectivity index (χ4v) is 2.36. The van der Waals surface area contributed by atoms with Crippen molar-refractivity contribution >= 4 is 16.7 Å². The van der Waals surface area contributed by atoms with Crippen molar-refractivity contribution in [1.29, 1.82) is 0 Å². The van der Waals surface area contributed by atoms with Gasteiger partial charge in [0.25, 0.3) is 5.91 Å². The van der Waals surface area contributed by atoms with Crippen LogP contribution in [0.5, 0.6) is 0 Å². The van der Waals surface area contributed by atoms with Crippen LogP contribution in [0.25, 0.3) is 21.9 Å². The molecule has 1 heterocycles. The summed E-state index contributed by atoms with van der Waals surface area (Å²) in [5.74, 6) is -1.38. The number of carbonyl (C=O) groups excluding carboxylic acids is 1. The number of nitrogens with zero attached hydrogens (tertiary/aromatic N) is 1. The van der Waals surface area contributed by atoms with E-state index in [2.05, 4.69) is 4.98 Å². The molecule has 2 N–H and O–H groups in total. The van der Waals surface area contributed by atoms with Crippen molar-refractivity contribution in [2.45, 2.75) is 0 Å². The van der Waals surface area contributed by atoms with E-state index in [9.17, 15) is 9.18 Å². The Labute approximate surface area is 114 Å². The van der Waals surface area contributed by atoms with E-state index >= 15 is 0 Å². The first-order chi connectivity index (χ1) is 9.68. The summed E-state index contributed by atoms with van der Waals surface area (Å²) in [6.07, 6.45) is 3.39. The molecular weight excluding hydrogens is 255 g/mol. The summed E-state index contributed by atoms with van der Waals surface area (Å²) in [5.41, 5.74) is 6.48. The number of primary amides is 1. The molecule has 3 nitrogen and oxygen atoms in total. The molecule has 1 aromatic heterocycles. The van der Waals surface area contributed by atoms with Crippen LogP contribution in [0.3, 0.4) is 0 Å². The van der Waals surface area contributed by atoms with Gasteiger partial charge in [-0.05, 0) is 28.6 Å². The van der Waals surface area contributed by atoms with Crippen LogP contribution in [0.15, 0.2) is 54.9 Å². The Hall–Kier alpha value is -2.75. The normalized spacial score (nSPS) is 10.7. The molecule has 0 bridgehead atoms. The fourth-order valence-electron chi connectivity index (χ4n) is 2.36. The van der Waals surface area contributed by atoms with Crippen LogP contribution >= 0.6 is 0 Å². The highest BCUT2D eigenvalue weighted by atomic mass is 19.1. The van der Waals surface area contributed by atoms with E-state index in [1.807, 2.05) is 24.3 Å². The Balaban J connectivity index is 2.37. The molecule has 3 rings (SSSR count). The molecule has 20 heavy (non-hydrogen) atoms. The third-order valence-electron chi connectivity index (χ3n) is 3.23. The summed E-state index contributed by atoms with van der Waals surface area (Å²) in [6.45, 7) is 0. The van der Waals surface area contributed by atoms with Gasteiger partial charge in [-0.1, -0.05) is 30.3 Å². The van der Waals surface area contributed by atoms with Crippen LogP contribution in [-0.2, 0) is 0 Å². The number of pyridine rings is 1. The van der Waals surface area contributed by atoms with Gasteiger partial charge in [0.15, 0.2) is 0 Å². The predicted octanol–water partition coefficient (Wildman–Crippen LogP) is 3.14. The first-order valence-electron chi connectivity index (χ1n) is 6.10. The molecule has 0 atom stereocenters. The zero-order valence-corrected chi connectivity index (χ0v) is 10.5. The average Bonchev–Trinajstić information content (AvgIpc) is 2.46. The molecule has 0 aliphatic carbocycles. The summed E-state index contributed by atoms with van der Waals surface area (Å²) >= 11 is 0. The zero-order valence-electron chi connectivity index (χ0n) is 10.5. The minimum Gasteiger partial charge on any atom is -0.365 e. The molecule has 0 radical (unpaired) electrons. The lowest BCUT2D eigenvalue weighted by Crippen LogP contribution is -2.14. The van der Waals surface area contributed by atoms with E-state index in [1.165, 1.54) is 6.07 Å². The van der Waals surface area contributed by atoms with Gasteiger partial charge in [0.1, 0.15) is 5.82 Å². The highest BCUT2D eigenvalue weighted by Crippen LogP contribution is 2.31. The Morgan fingerprint density at radius 3 is 2.60 bits per heavy atom. The van der Waals surface area contributed by atoms with E-state index in [-0.39, 0.29) is 5.56 Å². The highest BCUT2D eigenvalue weighted by molar-refractivity contribution is 6.05. The first-order valence-corrected chi connectivity index (χ1v) is 6.10. The summed E-state index contributed by atoms with van der Waals surface area (Å²) in [6, 6.07) is 11.9. The Morgan fingerprint density at radius 1 is 1.05 bits per heavy atom. The minimum atomic E-state index is -0.774. The average molecular weight is 266 g/mol. The van der Waals surface area contributed by atoms with Crippen molar-refractivity contribution in [3.8, 4) is 11.1 Å². The second-order valence-corrected chi connectivity index (χ2v) is 4.43. The van der Waals surface area contributed by atoms with E-state index in [0.717, 1.165) is 16.3 Å². The van der Waals surface area contributed by atoms with Gasteiger partial charge >= 0.3 is 0 Å². The maximum Gasteiger partial charge on any atom is 0.252 e. The topological polar surface area (TPSA) is 56.0 Å². The van der Waals surface area contributed by atoms with Gasteiger partial charge in [-0.15, -0.1) is 0 Å². The lowest BCUT2D eigenvalue weighted by molar-refractivity contribution is 0.0997. The molecule has 3 aromatic rings. The van der Waals surface area contributed by atoms with Crippen LogP contribution in [0.2, 0.25) is 0 Å². The number of halogens is 1. The van der Waals surface area contributed by atoms with Crippen LogP contribution in [0.1, 0.15) is 10.4 Å². The van der Waals surface area contributed by atoms with Crippen molar-refractivity contribution in [1.82, 2.24) is 4.98 Å². The van der Waals surface area contributed by atoms with Gasteiger partial charge < -0.3 is 5.73 Å². The first kappa shape index (κ1) is 12.3. The number of benzene rings is 2. The Kier molecular flexibility index (Phi) is 2.91. The molecule has 0 saturated heterocycles. The monoisotopic (exact) mass is 266 g/mol. The molecule has 98 valence electrons. The number of rotatable bonds is 2. The standard InChI is InChI=1S/C16H11FN2O/c17-14-6-2-5-13(15(14)16(18)20)12-4-1-3-10-9-19-8-7-11(10)12/h1-9H,(H2,18,20). The second-order valence-electron chi connectivity index (χ2n) is 4.43. The molecule has 2 aromatic carbocycles. The summed E-state index contributed by atoms with van der Waals surface area (Å²) in [5, 5.41) is 1.82. The van der Waals surface area contributed by atoms with Gasteiger partial charge in [0, 0.05) is 17.8 Å². The molecule has 0 unspecified atom stereocenters. The number of aromatic nitrogens is 1. The van der Waals surface area contributed by atoms with Crippen LogP contribution in [0, 0.1) is 5.82 Å². The van der Waals surface area contributed by atoms with Crippen molar-refractivity contribution in [3.05, 3.63) is 66.2 Å². The van der Waals surface area contributed by atoms with Gasteiger partial charge in [-0.3, -0.25) is 9.78 Å². The predicted molar refractivity (Wildman–Crippen MR) is 75.7 cm³/mol. The van der Waals surface area contributed by atoms with Crippen molar-refractivity contribution in [2.24, 2.45) is 5.73 Å². The van der Waals surface area contributed by atoms with Crippen molar-refractivity contribution in [3.63, 3.8) is 0 Å².